The maximum absolute atomic E-state index is 10.8. The lowest BCUT2D eigenvalue weighted by molar-refractivity contribution is -0.138. The minimum absolute atomic E-state index is 0.121. The lowest BCUT2D eigenvalue weighted by Crippen LogP contribution is -1.99. The average Bonchev–Trinajstić information content (AvgIpc) is 2.89. The molecule has 1 fully saturated rings. The third-order valence-corrected chi connectivity index (χ3v) is 3.66. The maximum atomic E-state index is 10.8. The van der Waals surface area contributed by atoms with Gasteiger partial charge in [0.25, 0.3) is 0 Å². The molecule has 0 spiro atoms. The Morgan fingerprint density at radius 2 is 2.07 bits per heavy atom. The topological polar surface area (TPSA) is 37.3 Å². The van der Waals surface area contributed by atoms with Crippen LogP contribution in [0.2, 0.25) is 0 Å². The van der Waals surface area contributed by atoms with Crippen molar-refractivity contribution in [3.8, 4) is 0 Å². The van der Waals surface area contributed by atoms with Crippen LogP contribution in [-0.2, 0) is 17.6 Å². The second-order valence-electron chi connectivity index (χ2n) is 4.67. The van der Waals surface area contributed by atoms with Gasteiger partial charge < -0.3 is 5.11 Å². The molecule has 1 aromatic carbocycles. The molecule has 2 aliphatic carbocycles. The lowest BCUT2D eigenvalue weighted by atomic mass is 10.0. The van der Waals surface area contributed by atoms with Crippen LogP contribution >= 0.6 is 0 Å². The number of rotatable bonds is 2. The molecule has 0 heterocycles. The first-order valence-corrected chi connectivity index (χ1v) is 5.60. The van der Waals surface area contributed by atoms with E-state index in [9.17, 15) is 4.79 Å². The Morgan fingerprint density at radius 3 is 2.80 bits per heavy atom. The average molecular weight is 202 g/mol. The summed E-state index contributed by atoms with van der Waals surface area (Å²) < 4.78 is 0. The Hall–Kier alpha value is -1.31. The third-order valence-electron chi connectivity index (χ3n) is 3.66. The van der Waals surface area contributed by atoms with Crippen molar-refractivity contribution < 1.29 is 9.90 Å². The van der Waals surface area contributed by atoms with Crippen molar-refractivity contribution in [2.75, 3.05) is 0 Å². The molecule has 2 heteroatoms. The number of carbonyl (C=O) groups is 1. The second-order valence-corrected chi connectivity index (χ2v) is 4.67. The molecular formula is C13H14O2. The Labute approximate surface area is 88.9 Å². The van der Waals surface area contributed by atoms with E-state index in [1.54, 1.807) is 0 Å². The number of aliphatic carboxylic acids is 1. The van der Waals surface area contributed by atoms with Gasteiger partial charge in [-0.3, -0.25) is 4.79 Å². The molecule has 2 atom stereocenters. The van der Waals surface area contributed by atoms with Gasteiger partial charge in [-0.05, 0) is 48.3 Å². The first kappa shape index (κ1) is 8.96. The smallest absolute Gasteiger partial charge is 0.307 e. The minimum Gasteiger partial charge on any atom is -0.481 e. The Kier molecular flexibility index (Phi) is 1.84. The van der Waals surface area contributed by atoms with Gasteiger partial charge in [0, 0.05) is 0 Å². The Morgan fingerprint density at radius 1 is 1.27 bits per heavy atom. The molecule has 2 aliphatic rings. The molecule has 0 radical (unpaired) electrons. The van der Waals surface area contributed by atoms with Gasteiger partial charge in [0.15, 0.2) is 0 Å². The molecule has 1 aromatic rings. The van der Waals surface area contributed by atoms with E-state index in [0.29, 0.717) is 0 Å². The monoisotopic (exact) mass is 202 g/mol. The van der Waals surface area contributed by atoms with E-state index in [2.05, 4.69) is 18.2 Å². The number of hydrogen-bond acceptors (Lipinski definition) is 1. The highest BCUT2D eigenvalue weighted by Crippen LogP contribution is 2.48. The van der Waals surface area contributed by atoms with Crippen molar-refractivity contribution in [2.45, 2.75) is 31.6 Å². The zero-order chi connectivity index (χ0) is 10.4. The van der Waals surface area contributed by atoms with Gasteiger partial charge in [0.2, 0.25) is 0 Å². The second kappa shape index (κ2) is 3.09. The summed E-state index contributed by atoms with van der Waals surface area (Å²) >= 11 is 0. The van der Waals surface area contributed by atoms with Crippen molar-refractivity contribution in [2.24, 2.45) is 5.92 Å². The van der Waals surface area contributed by atoms with Crippen LogP contribution in [0.3, 0.4) is 0 Å². The predicted octanol–water partition coefficient (Wildman–Crippen LogP) is 2.36. The number of hydrogen-bond donors (Lipinski definition) is 1. The van der Waals surface area contributed by atoms with Gasteiger partial charge in [-0.25, -0.2) is 0 Å². The van der Waals surface area contributed by atoms with Crippen molar-refractivity contribution in [1.29, 1.82) is 0 Å². The molecule has 1 saturated carbocycles. The van der Waals surface area contributed by atoms with Crippen LogP contribution < -0.4 is 0 Å². The molecule has 2 nitrogen and oxygen atoms in total. The summed E-state index contributed by atoms with van der Waals surface area (Å²) in [6.07, 6.45) is 4.45. The zero-order valence-corrected chi connectivity index (χ0v) is 8.57. The van der Waals surface area contributed by atoms with Crippen LogP contribution in [0.25, 0.3) is 0 Å². The fourth-order valence-corrected chi connectivity index (χ4v) is 2.66. The van der Waals surface area contributed by atoms with Crippen LogP contribution in [0.15, 0.2) is 18.2 Å². The van der Waals surface area contributed by atoms with E-state index in [0.717, 1.165) is 6.42 Å². The Bertz CT molecular complexity index is 423. The van der Waals surface area contributed by atoms with Crippen LogP contribution in [0.4, 0.5) is 0 Å². The predicted molar refractivity (Wildman–Crippen MR) is 57.0 cm³/mol. The van der Waals surface area contributed by atoms with Gasteiger partial charge >= 0.3 is 5.97 Å². The molecule has 0 aromatic heterocycles. The zero-order valence-electron chi connectivity index (χ0n) is 8.57. The summed E-state index contributed by atoms with van der Waals surface area (Å²) in [5.74, 6) is -0.474. The third kappa shape index (κ3) is 1.44. The fourth-order valence-electron chi connectivity index (χ4n) is 2.66. The summed E-state index contributed by atoms with van der Waals surface area (Å²) in [5.41, 5.74) is 4.15. The maximum Gasteiger partial charge on any atom is 0.307 e. The molecule has 0 bridgehead atoms. The molecule has 0 amide bonds. The van der Waals surface area contributed by atoms with Gasteiger partial charge in [0.05, 0.1) is 5.92 Å². The highest BCUT2D eigenvalue weighted by Gasteiger charge is 2.44. The summed E-state index contributed by atoms with van der Waals surface area (Å²) in [6, 6.07) is 6.54. The van der Waals surface area contributed by atoms with E-state index >= 15 is 0 Å². The number of benzene rings is 1. The first-order chi connectivity index (χ1) is 7.25. The molecule has 0 saturated heterocycles. The normalized spacial score (nSPS) is 27.5. The SMILES string of the molecule is O=C(O)[C@@H]1C[C@H]1c1ccc2c(c1)CCC2. The van der Waals surface area contributed by atoms with Gasteiger partial charge in [-0.2, -0.15) is 0 Å². The molecule has 15 heavy (non-hydrogen) atoms. The van der Waals surface area contributed by atoms with Gasteiger partial charge in [-0.15, -0.1) is 0 Å². The van der Waals surface area contributed by atoms with Crippen LogP contribution in [0.5, 0.6) is 0 Å². The van der Waals surface area contributed by atoms with Crippen molar-refractivity contribution in [1.82, 2.24) is 0 Å². The summed E-state index contributed by atoms with van der Waals surface area (Å²) in [7, 11) is 0. The molecule has 1 N–H and O–H groups in total. The standard InChI is InChI=1S/C13H14O2/c14-13(15)12-7-11(12)10-5-4-8-2-1-3-9(8)6-10/h4-6,11-12H,1-3,7H2,(H,14,15)/t11-,12+/m0/s1. The van der Waals surface area contributed by atoms with Crippen molar-refractivity contribution in [3.05, 3.63) is 34.9 Å². The quantitative estimate of drug-likeness (QED) is 0.799. The minimum atomic E-state index is -0.638. The number of carboxylic acid groups (broad SMARTS) is 1. The highest BCUT2D eigenvalue weighted by molar-refractivity contribution is 5.75. The lowest BCUT2D eigenvalue weighted by Gasteiger charge is -2.03. The van der Waals surface area contributed by atoms with Gasteiger partial charge in [0.1, 0.15) is 0 Å². The van der Waals surface area contributed by atoms with E-state index in [1.807, 2.05) is 0 Å². The van der Waals surface area contributed by atoms with Crippen LogP contribution in [-0.4, -0.2) is 11.1 Å². The molecular weight excluding hydrogens is 188 g/mol. The van der Waals surface area contributed by atoms with E-state index < -0.39 is 5.97 Å². The molecule has 0 unspecified atom stereocenters. The summed E-state index contributed by atoms with van der Waals surface area (Å²) in [6.45, 7) is 0. The van der Waals surface area contributed by atoms with E-state index in [4.69, 9.17) is 5.11 Å². The number of aryl methyl sites for hydroxylation is 2. The number of fused-ring (bicyclic) bond motifs is 1. The Balaban J connectivity index is 1.86. The number of carboxylic acids is 1. The van der Waals surface area contributed by atoms with Gasteiger partial charge in [-0.1, -0.05) is 18.2 Å². The molecule has 78 valence electrons. The van der Waals surface area contributed by atoms with E-state index in [1.165, 1.54) is 36.0 Å². The van der Waals surface area contributed by atoms with Crippen molar-refractivity contribution >= 4 is 5.97 Å². The van der Waals surface area contributed by atoms with Crippen LogP contribution in [0.1, 0.15) is 35.4 Å². The van der Waals surface area contributed by atoms with Crippen molar-refractivity contribution in [3.63, 3.8) is 0 Å². The summed E-state index contributed by atoms with van der Waals surface area (Å²) in [4.78, 5) is 10.8. The largest absolute Gasteiger partial charge is 0.481 e. The molecule has 0 aliphatic heterocycles. The fraction of sp³-hybridized carbons (Fsp3) is 0.462. The summed E-state index contributed by atoms with van der Waals surface area (Å²) in [5, 5.41) is 8.88. The molecule has 3 rings (SSSR count). The van der Waals surface area contributed by atoms with E-state index in [-0.39, 0.29) is 11.8 Å². The highest BCUT2D eigenvalue weighted by atomic mass is 16.4. The van der Waals surface area contributed by atoms with Crippen LogP contribution in [0, 0.1) is 5.92 Å². The first-order valence-electron chi connectivity index (χ1n) is 5.60.